The van der Waals surface area contributed by atoms with Gasteiger partial charge in [0.1, 0.15) is 0 Å². The molecule has 126 valence electrons. The van der Waals surface area contributed by atoms with Crippen LogP contribution in [0.25, 0.3) is 27.8 Å². The summed E-state index contributed by atoms with van der Waals surface area (Å²) in [6, 6.07) is 12.8. The minimum absolute atomic E-state index is 0.469. The van der Waals surface area contributed by atoms with Gasteiger partial charge in [-0.1, -0.05) is 6.07 Å². The van der Waals surface area contributed by atoms with E-state index in [2.05, 4.69) is 25.3 Å². The minimum Gasteiger partial charge on any atom is -0.285 e. The van der Waals surface area contributed by atoms with Crippen molar-refractivity contribution in [3.63, 3.8) is 0 Å². The molecular weight excluding hydrogens is 331 g/mol. The second kappa shape index (κ2) is 5.73. The van der Waals surface area contributed by atoms with Crippen molar-refractivity contribution >= 4 is 16.6 Å². The maximum Gasteiger partial charge on any atom is 0.213 e. The van der Waals surface area contributed by atoms with E-state index < -0.39 is 5.95 Å². The van der Waals surface area contributed by atoms with Gasteiger partial charge in [-0.05, 0) is 42.0 Å². The van der Waals surface area contributed by atoms with Gasteiger partial charge in [-0.25, -0.2) is 14.5 Å². The van der Waals surface area contributed by atoms with Crippen LogP contribution in [0.3, 0.4) is 0 Å². The minimum atomic E-state index is -0.469. The average molecular weight is 344 g/mol. The molecule has 0 saturated carbocycles. The van der Waals surface area contributed by atoms with Crippen molar-refractivity contribution in [3.8, 4) is 11.3 Å². The fraction of sp³-hybridized carbons (Fsp3) is 0.0526. The van der Waals surface area contributed by atoms with Crippen molar-refractivity contribution < 1.29 is 4.39 Å². The highest BCUT2D eigenvalue weighted by atomic mass is 19.1. The third kappa shape index (κ3) is 2.50. The molecule has 0 bridgehead atoms. The van der Waals surface area contributed by atoms with E-state index in [-0.39, 0.29) is 0 Å². The molecule has 0 atom stereocenters. The molecule has 1 aromatic carbocycles. The molecule has 7 heteroatoms. The third-order valence-corrected chi connectivity index (χ3v) is 4.33. The highest BCUT2D eigenvalue weighted by Crippen LogP contribution is 2.20. The fourth-order valence-corrected chi connectivity index (χ4v) is 3.06. The van der Waals surface area contributed by atoms with Crippen LogP contribution in [0.1, 0.15) is 11.3 Å². The number of fused-ring (bicyclic) bond motifs is 2. The third-order valence-electron chi connectivity index (χ3n) is 4.33. The summed E-state index contributed by atoms with van der Waals surface area (Å²) >= 11 is 0. The lowest BCUT2D eigenvalue weighted by atomic mass is 10.1. The highest BCUT2D eigenvalue weighted by molar-refractivity contribution is 5.79. The number of hydrogen-bond donors (Lipinski definition) is 1. The van der Waals surface area contributed by atoms with Crippen LogP contribution < -0.4 is 0 Å². The molecule has 0 amide bonds. The largest absolute Gasteiger partial charge is 0.285 e. The molecule has 5 rings (SSSR count). The van der Waals surface area contributed by atoms with Crippen molar-refractivity contribution in [2.75, 3.05) is 0 Å². The van der Waals surface area contributed by atoms with Crippen molar-refractivity contribution in [1.29, 1.82) is 0 Å². The molecule has 26 heavy (non-hydrogen) atoms. The first-order chi connectivity index (χ1) is 12.8. The van der Waals surface area contributed by atoms with E-state index in [0.29, 0.717) is 11.9 Å². The number of rotatable bonds is 3. The molecule has 6 nitrogen and oxygen atoms in total. The summed E-state index contributed by atoms with van der Waals surface area (Å²) in [6.45, 7) is 0. The second-order valence-corrected chi connectivity index (χ2v) is 6.06. The molecule has 4 heterocycles. The number of aromatic nitrogens is 6. The van der Waals surface area contributed by atoms with E-state index in [4.69, 9.17) is 0 Å². The van der Waals surface area contributed by atoms with E-state index in [9.17, 15) is 4.39 Å². The number of imidazole rings is 1. The van der Waals surface area contributed by atoms with Gasteiger partial charge >= 0.3 is 0 Å². The van der Waals surface area contributed by atoms with Gasteiger partial charge in [0.15, 0.2) is 5.65 Å². The van der Waals surface area contributed by atoms with Crippen LogP contribution >= 0.6 is 0 Å². The van der Waals surface area contributed by atoms with Gasteiger partial charge in [0, 0.05) is 23.6 Å². The molecule has 0 spiro atoms. The molecule has 0 radical (unpaired) electrons. The molecular formula is C19H13FN6. The molecule has 0 saturated heterocycles. The number of nitrogens with one attached hydrogen (secondary N) is 1. The molecule has 0 aliphatic heterocycles. The van der Waals surface area contributed by atoms with E-state index in [1.165, 1.54) is 6.07 Å². The Bertz CT molecular complexity index is 1230. The summed E-state index contributed by atoms with van der Waals surface area (Å²) in [6.07, 6.45) is 6.03. The Kier molecular flexibility index (Phi) is 3.24. The quantitative estimate of drug-likeness (QED) is 0.509. The molecule has 5 aromatic rings. The number of benzene rings is 1. The zero-order valence-corrected chi connectivity index (χ0v) is 13.6. The van der Waals surface area contributed by atoms with Gasteiger partial charge in [-0.2, -0.15) is 14.6 Å². The maximum absolute atomic E-state index is 13.2. The summed E-state index contributed by atoms with van der Waals surface area (Å²) in [5, 5.41) is 12.4. The second-order valence-electron chi connectivity index (χ2n) is 6.06. The van der Waals surface area contributed by atoms with Crippen LogP contribution in [0.5, 0.6) is 0 Å². The normalized spacial score (nSPS) is 11.4. The van der Waals surface area contributed by atoms with Gasteiger partial charge in [-0.3, -0.25) is 5.10 Å². The van der Waals surface area contributed by atoms with E-state index in [1.807, 2.05) is 41.0 Å². The standard InChI is InChI=1S/C19H13FN6/c20-18-5-2-13-7-12(1-3-16(13)24-18)8-15-11-21-19-6-4-17(25-26(15)19)14-9-22-23-10-14/h1-7,9-11H,8H2,(H,22,23). The van der Waals surface area contributed by atoms with Crippen molar-refractivity contribution in [3.05, 3.63) is 78.3 Å². The lowest BCUT2D eigenvalue weighted by Crippen LogP contribution is -2.00. The summed E-state index contributed by atoms with van der Waals surface area (Å²) < 4.78 is 15.1. The number of nitrogens with zero attached hydrogens (tertiary/aromatic N) is 5. The zero-order valence-electron chi connectivity index (χ0n) is 13.6. The topological polar surface area (TPSA) is 71.8 Å². The average Bonchev–Trinajstić information content (AvgIpc) is 3.32. The van der Waals surface area contributed by atoms with Crippen LogP contribution in [0.2, 0.25) is 0 Å². The Morgan fingerprint density at radius 1 is 1.04 bits per heavy atom. The Morgan fingerprint density at radius 2 is 2.00 bits per heavy atom. The van der Waals surface area contributed by atoms with Gasteiger partial charge in [0.05, 0.1) is 29.3 Å². The van der Waals surface area contributed by atoms with E-state index >= 15 is 0 Å². The first-order valence-electron chi connectivity index (χ1n) is 8.14. The first-order valence-corrected chi connectivity index (χ1v) is 8.14. The fourth-order valence-electron chi connectivity index (χ4n) is 3.06. The Balaban J connectivity index is 1.54. The number of H-pyrrole nitrogens is 1. The van der Waals surface area contributed by atoms with E-state index in [0.717, 1.165) is 33.5 Å². The maximum atomic E-state index is 13.2. The van der Waals surface area contributed by atoms with E-state index in [1.54, 1.807) is 18.5 Å². The van der Waals surface area contributed by atoms with Crippen LogP contribution in [0, 0.1) is 5.95 Å². The first kappa shape index (κ1) is 14.7. The smallest absolute Gasteiger partial charge is 0.213 e. The molecule has 4 aromatic heterocycles. The number of hydrogen-bond acceptors (Lipinski definition) is 4. The SMILES string of the molecule is Fc1ccc2cc(Cc3cnc4ccc(-c5cn[nH]c5)nn34)ccc2n1. The Labute approximate surface area is 147 Å². The summed E-state index contributed by atoms with van der Waals surface area (Å²) in [7, 11) is 0. The monoisotopic (exact) mass is 344 g/mol. The van der Waals surface area contributed by atoms with Gasteiger partial charge in [-0.15, -0.1) is 0 Å². The summed E-state index contributed by atoms with van der Waals surface area (Å²) in [5.74, 6) is -0.469. The van der Waals surface area contributed by atoms with Crippen LogP contribution in [-0.4, -0.2) is 29.8 Å². The van der Waals surface area contributed by atoms with Gasteiger partial charge in [0.25, 0.3) is 0 Å². The Morgan fingerprint density at radius 3 is 2.88 bits per heavy atom. The molecule has 0 fully saturated rings. The predicted molar refractivity (Wildman–Crippen MR) is 95.1 cm³/mol. The van der Waals surface area contributed by atoms with Gasteiger partial charge < -0.3 is 0 Å². The van der Waals surface area contributed by atoms with Crippen molar-refractivity contribution in [2.24, 2.45) is 0 Å². The number of aromatic amines is 1. The number of pyridine rings is 1. The zero-order chi connectivity index (χ0) is 17.5. The summed E-state index contributed by atoms with van der Waals surface area (Å²) in [5.41, 5.74) is 5.24. The van der Waals surface area contributed by atoms with Crippen molar-refractivity contribution in [1.82, 2.24) is 29.8 Å². The molecule has 1 N–H and O–H groups in total. The van der Waals surface area contributed by atoms with Crippen molar-refractivity contribution in [2.45, 2.75) is 6.42 Å². The van der Waals surface area contributed by atoms with Crippen LogP contribution in [0.15, 0.2) is 61.1 Å². The molecule has 0 unspecified atom stereocenters. The molecule has 0 aliphatic rings. The lowest BCUT2D eigenvalue weighted by molar-refractivity contribution is 0.589. The number of halogens is 1. The predicted octanol–water partition coefficient (Wildman–Crippen LogP) is 3.40. The van der Waals surface area contributed by atoms with Crippen LogP contribution in [0.4, 0.5) is 4.39 Å². The van der Waals surface area contributed by atoms with Crippen LogP contribution in [-0.2, 0) is 6.42 Å². The lowest BCUT2D eigenvalue weighted by Gasteiger charge is -2.05. The Hall–Kier alpha value is -3.61. The highest BCUT2D eigenvalue weighted by Gasteiger charge is 2.09. The van der Waals surface area contributed by atoms with Gasteiger partial charge in [0.2, 0.25) is 5.95 Å². The summed E-state index contributed by atoms with van der Waals surface area (Å²) in [4.78, 5) is 8.32. The molecule has 0 aliphatic carbocycles.